The summed E-state index contributed by atoms with van der Waals surface area (Å²) in [5.41, 5.74) is 6.61. The molecule has 0 bridgehead atoms. The number of pyridine rings is 1. The molecule has 1 saturated carbocycles. The van der Waals surface area contributed by atoms with Crippen LogP contribution in [0.15, 0.2) is 18.5 Å². The van der Waals surface area contributed by atoms with Crippen LogP contribution in [0, 0.1) is 23.7 Å². The normalized spacial score (nSPS) is 24.2. The predicted molar refractivity (Wildman–Crippen MR) is 83.6 cm³/mol. The monoisotopic (exact) mass is 285 g/mol. The van der Waals surface area contributed by atoms with Gasteiger partial charge in [0.05, 0.1) is 17.7 Å². The van der Waals surface area contributed by atoms with Crippen molar-refractivity contribution in [1.29, 1.82) is 0 Å². The third-order valence-electron chi connectivity index (χ3n) is 4.46. The summed E-state index contributed by atoms with van der Waals surface area (Å²) in [5.74, 6) is 6.86. The second-order valence-corrected chi connectivity index (χ2v) is 5.61. The standard InChI is InChI=1S/C17H23N3O/c1-3-13-6-7-16(12(13)2)20-17(21)15-8-10-19-11-14(15)5-4-9-18/h8,10-13,16H,3,6-7,9,18H2,1-2H3,(H,20,21). The third-order valence-corrected chi connectivity index (χ3v) is 4.46. The van der Waals surface area contributed by atoms with Crippen molar-refractivity contribution in [3.8, 4) is 11.8 Å². The number of nitrogens with one attached hydrogen (secondary N) is 1. The number of amides is 1. The van der Waals surface area contributed by atoms with Gasteiger partial charge in [-0.3, -0.25) is 9.78 Å². The van der Waals surface area contributed by atoms with Crippen molar-refractivity contribution in [1.82, 2.24) is 10.3 Å². The van der Waals surface area contributed by atoms with Gasteiger partial charge >= 0.3 is 0 Å². The first-order valence-electron chi connectivity index (χ1n) is 7.61. The van der Waals surface area contributed by atoms with Crippen LogP contribution in [0.25, 0.3) is 0 Å². The summed E-state index contributed by atoms with van der Waals surface area (Å²) in [5, 5.41) is 3.16. The maximum absolute atomic E-state index is 12.5. The molecule has 21 heavy (non-hydrogen) atoms. The summed E-state index contributed by atoms with van der Waals surface area (Å²) in [7, 11) is 0. The SMILES string of the molecule is CCC1CCC(NC(=O)c2ccncc2C#CCN)C1C. The van der Waals surface area contributed by atoms with Gasteiger partial charge in [0, 0.05) is 18.4 Å². The maximum Gasteiger partial charge on any atom is 0.252 e. The predicted octanol–water partition coefficient (Wildman–Crippen LogP) is 1.95. The number of carbonyl (C=O) groups excluding carboxylic acids is 1. The molecule has 112 valence electrons. The van der Waals surface area contributed by atoms with Gasteiger partial charge in [-0.2, -0.15) is 0 Å². The number of hydrogen-bond acceptors (Lipinski definition) is 3. The number of nitrogens with zero attached hydrogens (tertiary/aromatic N) is 1. The molecule has 3 N–H and O–H groups in total. The average Bonchev–Trinajstić information content (AvgIpc) is 2.85. The molecule has 1 aliphatic rings. The van der Waals surface area contributed by atoms with Gasteiger partial charge in [-0.05, 0) is 30.7 Å². The third kappa shape index (κ3) is 3.62. The Morgan fingerprint density at radius 2 is 2.33 bits per heavy atom. The van der Waals surface area contributed by atoms with Crippen LogP contribution in [0.3, 0.4) is 0 Å². The lowest BCUT2D eigenvalue weighted by Gasteiger charge is -2.21. The second-order valence-electron chi connectivity index (χ2n) is 5.61. The van der Waals surface area contributed by atoms with Crippen LogP contribution in [-0.2, 0) is 0 Å². The number of rotatable bonds is 3. The Bertz CT molecular complexity index is 559. The van der Waals surface area contributed by atoms with E-state index in [0.29, 0.717) is 23.0 Å². The molecular formula is C17H23N3O. The fourth-order valence-electron chi connectivity index (χ4n) is 3.11. The van der Waals surface area contributed by atoms with Gasteiger partial charge in [-0.1, -0.05) is 32.1 Å². The number of aromatic nitrogens is 1. The Labute approximate surface area is 126 Å². The van der Waals surface area contributed by atoms with Gasteiger partial charge in [0.15, 0.2) is 0 Å². The zero-order valence-electron chi connectivity index (χ0n) is 12.7. The molecule has 1 aromatic rings. The summed E-state index contributed by atoms with van der Waals surface area (Å²) >= 11 is 0. The lowest BCUT2D eigenvalue weighted by molar-refractivity contribution is 0.0926. The molecule has 3 atom stereocenters. The summed E-state index contributed by atoms with van der Waals surface area (Å²) < 4.78 is 0. The molecule has 0 aliphatic heterocycles. The molecule has 1 heterocycles. The van der Waals surface area contributed by atoms with Crippen LogP contribution in [0.4, 0.5) is 0 Å². The molecule has 1 aromatic heterocycles. The minimum atomic E-state index is -0.0627. The van der Waals surface area contributed by atoms with Gasteiger partial charge in [0.1, 0.15) is 0 Å². The Morgan fingerprint density at radius 1 is 1.52 bits per heavy atom. The fraction of sp³-hybridized carbons (Fsp3) is 0.529. The van der Waals surface area contributed by atoms with Crippen molar-refractivity contribution in [2.45, 2.75) is 39.2 Å². The molecule has 2 rings (SSSR count). The molecule has 4 heteroatoms. The highest BCUT2D eigenvalue weighted by atomic mass is 16.1. The van der Waals surface area contributed by atoms with Crippen LogP contribution in [0.2, 0.25) is 0 Å². The smallest absolute Gasteiger partial charge is 0.252 e. The first-order chi connectivity index (χ1) is 10.2. The lowest BCUT2D eigenvalue weighted by atomic mass is 9.93. The first kappa shape index (κ1) is 15.5. The van der Waals surface area contributed by atoms with Crippen LogP contribution < -0.4 is 11.1 Å². The molecule has 1 amide bonds. The number of hydrogen-bond donors (Lipinski definition) is 2. The molecule has 1 fully saturated rings. The van der Waals surface area contributed by atoms with Crippen LogP contribution in [0.1, 0.15) is 49.0 Å². The van der Waals surface area contributed by atoms with Crippen molar-refractivity contribution < 1.29 is 4.79 Å². The number of nitrogens with two attached hydrogens (primary N) is 1. The van der Waals surface area contributed by atoms with E-state index in [1.807, 2.05) is 0 Å². The molecule has 1 aliphatic carbocycles. The maximum atomic E-state index is 12.5. The molecule has 0 radical (unpaired) electrons. The Balaban J connectivity index is 2.11. The summed E-state index contributed by atoms with van der Waals surface area (Å²) in [4.78, 5) is 16.5. The molecule has 0 saturated heterocycles. The van der Waals surface area contributed by atoms with E-state index in [0.717, 1.165) is 6.42 Å². The molecule has 3 unspecified atom stereocenters. The lowest BCUT2D eigenvalue weighted by Crippen LogP contribution is -2.37. The van der Waals surface area contributed by atoms with Crippen LogP contribution in [-0.4, -0.2) is 23.5 Å². The van der Waals surface area contributed by atoms with Gasteiger partial charge in [-0.25, -0.2) is 0 Å². The Hall–Kier alpha value is -1.86. The zero-order chi connectivity index (χ0) is 15.2. The number of carbonyl (C=O) groups is 1. The Kier molecular flexibility index (Phi) is 5.35. The fourth-order valence-corrected chi connectivity index (χ4v) is 3.11. The van der Waals surface area contributed by atoms with E-state index in [-0.39, 0.29) is 18.5 Å². The van der Waals surface area contributed by atoms with Crippen LogP contribution >= 0.6 is 0 Å². The van der Waals surface area contributed by atoms with Crippen molar-refractivity contribution in [3.63, 3.8) is 0 Å². The van der Waals surface area contributed by atoms with Crippen molar-refractivity contribution >= 4 is 5.91 Å². The minimum absolute atomic E-state index is 0.0627. The van der Waals surface area contributed by atoms with E-state index in [4.69, 9.17) is 5.73 Å². The van der Waals surface area contributed by atoms with E-state index in [9.17, 15) is 4.79 Å². The summed E-state index contributed by atoms with van der Waals surface area (Å²) in [6, 6.07) is 1.97. The van der Waals surface area contributed by atoms with Crippen molar-refractivity contribution in [2.24, 2.45) is 17.6 Å². The quantitative estimate of drug-likeness (QED) is 0.834. The van der Waals surface area contributed by atoms with Gasteiger partial charge < -0.3 is 11.1 Å². The zero-order valence-corrected chi connectivity index (χ0v) is 12.7. The van der Waals surface area contributed by atoms with E-state index in [1.54, 1.807) is 18.5 Å². The molecule has 0 spiro atoms. The molecular weight excluding hydrogens is 262 g/mol. The van der Waals surface area contributed by atoms with Gasteiger partial charge in [-0.15, -0.1) is 0 Å². The van der Waals surface area contributed by atoms with Gasteiger partial charge in [0.25, 0.3) is 5.91 Å². The van der Waals surface area contributed by atoms with Gasteiger partial charge in [0.2, 0.25) is 0 Å². The Morgan fingerprint density at radius 3 is 3.00 bits per heavy atom. The summed E-state index contributed by atoms with van der Waals surface area (Å²) in [6.07, 6.45) is 6.66. The topological polar surface area (TPSA) is 68.0 Å². The van der Waals surface area contributed by atoms with Crippen molar-refractivity contribution in [3.05, 3.63) is 29.6 Å². The molecule has 0 aromatic carbocycles. The van der Waals surface area contributed by atoms with Crippen LogP contribution in [0.5, 0.6) is 0 Å². The van der Waals surface area contributed by atoms with E-state index < -0.39 is 0 Å². The highest BCUT2D eigenvalue weighted by Crippen LogP contribution is 2.34. The molecule has 4 nitrogen and oxygen atoms in total. The average molecular weight is 285 g/mol. The highest BCUT2D eigenvalue weighted by molar-refractivity contribution is 5.96. The summed E-state index contributed by atoms with van der Waals surface area (Å²) in [6.45, 7) is 4.72. The van der Waals surface area contributed by atoms with E-state index in [2.05, 4.69) is 36.0 Å². The minimum Gasteiger partial charge on any atom is -0.349 e. The first-order valence-corrected chi connectivity index (χ1v) is 7.61. The van der Waals surface area contributed by atoms with E-state index in [1.165, 1.54) is 12.8 Å². The van der Waals surface area contributed by atoms with E-state index >= 15 is 0 Å². The largest absolute Gasteiger partial charge is 0.349 e. The highest BCUT2D eigenvalue weighted by Gasteiger charge is 2.32. The van der Waals surface area contributed by atoms with Crippen molar-refractivity contribution in [2.75, 3.05) is 6.54 Å². The second kappa shape index (κ2) is 7.24.